The van der Waals surface area contributed by atoms with Crippen molar-refractivity contribution in [1.29, 1.82) is 0 Å². The molecule has 1 aromatic rings. The van der Waals surface area contributed by atoms with Crippen LogP contribution in [-0.2, 0) is 4.79 Å². The highest BCUT2D eigenvalue weighted by molar-refractivity contribution is 6.07. The van der Waals surface area contributed by atoms with Gasteiger partial charge in [0, 0.05) is 29.1 Å². The Kier molecular flexibility index (Phi) is 3.24. The van der Waals surface area contributed by atoms with Gasteiger partial charge in [0.1, 0.15) is 6.17 Å². The first kappa shape index (κ1) is 14.3. The molecule has 3 rings (SSSR count). The number of nitrogens with one attached hydrogen (secondary N) is 2. The van der Waals surface area contributed by atoms with Gasteiger partial charge in [0.05, 0.1) is 5.56 Å². The molecule has 6 heteroatoms. The van der Waals surface area contributed by atoms with Crippen molar-refractivity contribution in [2.75, 3.05) is 0 Å². The van der Waals surface area contributed by atoms with Crippen LogP contribution >= 0.6 is 0 Å². The molecule has 5 nitrogen and oxygen atoms in total. The van der Waals surface area contributed by atoms with Gasteiger partial charge in [-0.3, -0.25) is 4.79 Å². The second kappa shape index (κ2) is 4.98. The Morgan fingerprint density at radius 3 is 2.82 bits per heavy atom. The maximum atomic E-state index is 13.5. The van der Waals surface area contributed by atoms with Crippen LogP contribution in [0.15, 0.2) is 29.0 Å². The van der Waals surface area contributed by atoms with Crippen LogP contribution in [0.4, 0.5) is 4.39 Å². The Morgan fingerprint density at radius 1 is 1.45 bits per heavy atom. The summed E-state index contributed by atoms with van der Waals surface area (Å²) in [4.78, 5) is 26.3. The SMILES string of the molecule is Cc1[nH]c(/C=C2\C(=O)NC3=C2CC(F)C=C3)c(C)c1C(=O)O. The van der Waals surface area contributed by atoms with Crippen LogP contribution in [0.25, 0.3) is 6.08 Å². The van der Waals surface area contributed by atoms with Gasteiger partial charge in [0.25, 0.3) is 5.91 Å². The Labute approximate surface area is 126 Å². The summed E-state index contributed by atoms with van der Waals surface area (Å²) < 4.78 is 13.5. The number of rotatable bonds is 2. The number of carboxylic acid groups (broad SMARTS) is 1. The number of allylic oxidation sites excluding steroid dienone is 2. The van der Waals surface area contributed by atoms with Gasteiger partial charge in [-0.1, -0.05) is 0 Å². The minimum Gasteiger partial charge on any atom is -0.478 e. The van der Waals surface area contributed by atoms with Gasteiger partial charge in [-0.05, 0) is 43.2 Å². The normalized spacial score (nSPS) is 22.2. The zero-order chi connectivity index (χ0) is 16.0. The molecule has 2 aliphatic rings. The number of carbonyl (C=O) groups excluding carboxylic acids is 1. The van der Waals surface area contributed by atoms with Crippen molar-refractivity contribution < 1.29 is 19.1 Å². The average Bonchev–Trinajstić information content (AvgIpc) is 2.88. The van der Waals surface area contributed by atoms with Gasteiger partial charge in [0.2, 0.25) is 0 Å². The number of carbonyl (C=O) groups is 2. The lowest BCUT2D eigenvalue weighted by molar-refractivity contribution is -0.115. The fourth-order valence-electron chi connectivity index (χ4n) is 2.91. The van der Waals surface area contributed by atoms with Gasteiger partial charge in [-0.2, -0.15) is 0 Å². The first-order chi connectivity index (χ1) is 10.4. The van der Waals surface area contributed by atoms with E-state index in [1.165, 1.54) is 6.08 Å². The predicted molar refractivity (Wildman–Crippen MR) is 79.0 cm³/mol. The maximum absolute atomic E-state index is 13.5. The Hall–Kier alpha value is -2.63. The lowest BCUT2D eigenvalue weighted by Crippen LogP contribution is -2.15. The molecule has 0 bridgehead atoms. The van der Waals surface area contributed by atoms with E-state index in [0.717, 1.165) is 0 Å². The Balaban J connectivity index is 2.07. The number of carboxylic acids is 1. The van der Waals surface area contributed by atoms with Gasteiger partial charge in [-0.25, -0.2) is 9.18 Å². The number of alkyl halides is 1. The van der Waals surface area contributed by atoms with E-state index in [-0.39, 0.29) is 17.9 Å². The molecule has 3 N–H and O–H groups in total. The van der Waals surface area contributed by atoms with E-state index in [4.69, 9.17) is 0 Å². The summed E-state index contributed by atoms with van der Waals surface area (Å²) in [6.07, 6.45) is 3.60. The molecule has 1 atom stereocenters. The fraction of sp³-hybridized carbons (Fsp3) is 0.250. The summed E-state index contributed by atoms with van der Waals surface area (Å²) in [5, 5.41) is 11.9. The topological polar surface area (TPSA) is 82.2 Å². The van der Waals surface area contributed by atoms with Crippen LogP contribution < -0.4 is 5.32 Å². The van der Waals surface area contributed by atoms with Crippen LogP contribution in [0.1, 0.15) is 33.7 Å². The third-order valence-electron chi connectivity index (χ3n) is 3.99. The summed E-state index contributed by atoms with van der Waals surface area (Å²) in [5.41, 5.74) is 3.46. The predicted octanol–water partition coefficient (Wildman–Crippen LogP) is 2.40. The molecule has 1 aliphatic carbocycles. The number of hydrogen-bond donors (Lipinski definition) is 3. The zero-order valence-corrected chi connectivity index (χ0v) is 12.2. The van der Waals surface area contributed by atoms with Gasteiger partial charge in [0.15, 0.2) is 0 Å². The Morgan fingerprint density at radius 2 is 2.18 bits per heavy atom. The highest BCUT2D eigenvalue weighted by Gasteiger charge is 2.30. The molecule has 1 amide bonds. The molecular formula is C16H15FN2O3. The molecule has 0 aromatic carbocycles. The maximum Gasteiger partial charge on any atom is 0.337 e. The van der Waals surface area contributed by atoms with Crippen molar-refractivity contribution in [3.8, 4) is 0 Å². The largest absolute Gasteiger partial charge is 0.478 e. The van der Waals surface area contributed by atoms with Crippen LogP contribution in [0.2, 0.25) is 0 Å². The fourth-order valence-corrected chi connectivity index (χ4v) is 2.91. The average molecular weight is 302 g/mol. The minimum absolute atomic E-state index is 0.140. The van der Waals surface area contributed by atoms with Crippen molar-refractivity contribution in [3.05, 3.63) is 51.5 Å². The van der Waals surface area contributed by atoms with Crippen LogP contribution in [0, 0.1) is 13.8 Å². The van der Waals surface area contributed by atoms with Crippen LogP contribution in [-0.4, -0.2) is 28.1 Å². The van der Waals surface area contributed by atoms with Gasteiger partial charge >= 0.3 is 5.97 Å². The second-order valence-electron chi connectivity index (χ2n) is 5.45. The highest BCUT2D eigenvalue weighted by atomic mass is 19.1. The number of hydrogen-bond acceptors (Lipinski definition) is 2. The second-order valence-corrected chi connectivity index (χ2v) is 5.45. The molecule has 0 spiro atoms. The number of halogens is 1. The molecule has 0 saturated heterocycles. The van der Waals surface area contributed by atoms with E-state index in [0.29, 0.717) is 33.8 Å². The van der Waals surface area contributed by atoms with E-state index in [1.54, 1.807) is 26.0 Å². The molecule has 22 heavy (non-hydrogen) atoms. The number of aromatic nitrogens is 1. The van der Waals surface area contributed by atoms with Crippen molar-refractivity contribution in [3.63, 3.8) is 0 Å². The number of H-pyrrole nitrogens is 1. The number of aryl methyl sites for hydroxylation is 1. The first-order valence-electron chi connectivity index (χ1n) is 6.89. The van der Waals surface area contributed by atoms with Crippen molar-refractivity contribution in [1.82, 2.24) is 10.3 Å². The third kappa shape index (κ3) is 2.16. The summed E-state index contributed by atoms with van der Waals surface area (Å²) in [7, 11) is 0. The lowest BCUT2D eigenvalue weighted by atomic mass is 9.95. The molecule has 0 fully saturated rings. The summed E-state index contributed by atoms with van der Waals surface area (Å²) in [6, 6.07) is 0. The van der Waals surface area contributed by atoms with E-state index in [1.807, 2.05) is 0 Å². The van der Waals surface area contributed by atoms with E-state index >= 15 is 0 Å². The van der Waals surface area contributed by atoms with E-state index in [2.05, 4.69) is 10.3 Å². The van der Waals surface area contributed by atoms with Crippen molar-refractivity contribution in [2.24, 2.45) is 0 Å². The summed E-state index contributed by atoms with van der Waals surface area (Å²) in [6.45, 7) is 3.35. The quantitative estimate of drug-likeness (QED) is 0.734. The molecule has 1 aromatic heterocycles. The van der Waals surface area contributed by atoms with Gasteiger partial charge in [-0.15, -0.1) is 0 Å². The molecule has 2 heterocycles. The molecule has 0 saturated carbocycles. The standard InChI is InChI=1S/C16H15FN2O3/c1-7-13(18-8(2)14(7)16(21)22)6-11-10-5-9(17)3-4-12(10)19-15(11)20/h3-4,6,9,18H,5H2,1-2H3,(H,19,20)(H,21,22)/b11-6-. The minimum atomic E-state index is -1.11. The van der Waals surface area contributed by atoms with E-state index < -0.39 is 12.1 Å². The molecule has 1 aliphatic heterocycles. The van der Waals surface area contributed by atoms with E-state index in [9.17, 15) is 19.1 Å². The number of amides is 1. The monoisotopic (exact) mass is 302 g/mol. The molecule has 1 unspecified atom stereocenters. The first-order valence-corrected chi connectivity index (χ1v) is 6.89. The smallest absolute Gasteiger partial charge is 0.337 e. The molecule has 114 valence electrons. The van der Waals surface area contributed by atoms with Gasteiger partial charge < -0.3 is 15.4 Å². The number of aromatic carboxylic acids is 1. The molecule has 0 radical (unpaired) electrons. The third-order valence-corrected chi connectivity index (χ3v) is 3.99. The highest BCUT2D eigenvalue weighted by Crippen LogP contribution is 2.33. The van der Waals surface area contributed by atoms with Crippen molar-refractivity contribution >= 4 is 18.0 Å². The summed E-state index contributed by atoms with van der Waals surface area (Å²) >= 11 is 0. The van der Waals surface area contributed by atoms with Crippen LogP contribution in [0.3, 0.4) is 0 Å². The zero-order valence-electron chi connectivity index (χ0n) is 12.2. The lowest BCUT2D eigenvalue weighted by Gasteiger charge is -2.11. The van der Waals surface area contributed by atoms with Crippen LogP contribution in [0.5, 0.6) is 0 Å². The molecular weight excluding hydrogens is 287 g/mol. The summed E-state index contributed by atoms with van der Waals surface area (Å²) in [5.74, 6) is -1.32. The Bertz CT molecular complexity index is 784. The van der Waals surface area contributed by atoms with Crippen molar-refractivity contribution in [2.45, 2.75) is 26.4 Å². The number of aromatic amines is 1.